The zero-order valence-electron chi connectivity index (χ0n) is 10.2. The second-order valence-electron chi connectivity index (χ2n) is 5.02. The van der Waals surface area contributed by atoms with Crippen LogP contribution in [0.25, 0.3) is 0 Å². The topological polar surface area (TPSA) is 12.5 Å². The molecule has 0 amide bonds. The Hall–Kier alpha value is -0.450. The maximum absolute atomic E-state index is 13.0. The minimum absolute atomic E-state index is 0.0338. The van der Waals surface area contributed by atoms with Crippen molar-refractivity contribution in [2.45, 2.75) is 25.9 Å². The van der Waals surface area contributed by atoms with Gasteiger partial charge in [-0.15, -0.1) is 0 Å². The van der Waals surface area contributed by atoms with E-state index < -0.39 is 0 Å². The number of benzene rings is 1. The molecule has 1 saturated heterocycles. The molecule has 0 atom stereocenters. The maximum Gasteiger partial charge on any atom is 0.124 e. The van der Waals surface area contributed by atoms with Gasteiger partial charge >= 0.3 is 0 Å². The van der Waals surface area contributed by atoms with Gasteiger partial charge in [0.1, 0.15) is 5.82 Å². The summed E-state index contributed by atoms with van der Waals surface area (Å²) in [6, 6.07) is 4.86. The van der Waals surface area contributed by atoms with Crippen LogP contribution in [-0.4, -0.2) is 30.2 Å². The molecule has 4 heteroatoms. The lowest BCUT2D eigenvalue weighted by atomic mass is 10.0. The van der Waals surface area contributed by atoms with Gasteiger partial charge in [-0.3, -0.25) is 4.90 Å². The summed E-state index contributed by atoms with van der Waals surface area (Å²) in [5, 5.41) is 0. The molecular formula is C13H17BrFNO. The largest absolute Gasteiger partial charge is 0.378 e. The SMILES string of the molecule is CC1(C)COCCN1Cc1ccc(F)cc1Br. The minimum Gasteiger partial charge on any atom is -0.378 e. The van der Waals surface area contributed by atoms with Crippen LogP contribution in [0.1, 0.15) is 19.4 Å². The highest BCUT2D eigenvalue weighted by Crippen LogP contribution is 2.25. The highest BCUT2D eigenvalue weighted by atomic mass is 79.9. The van der Waals surface area contributed by atoms with Crippen molar-refractivity contribution in [3.63, 3.8) is 0 Å². The quantitative estimate of drug-likeness (QED) is 0.832. The fraction of sp³-hybridized carbons (Fsp3) is 0.538. The van der Waals surface area contributed by atoms with Gasteiger partial charge in [0.05, 0.1) is 13.2 Å². The molecule has 0 radical (unpaired) electrons. The second-order valence-corrected chi connectivity index (χ2v) is 5.88. The van der Waals surface area contributed by atoms with Crippen molar-refractivity contribution in [2.24, 2.45) is 0 Å². The molecule has 0 unspecified atom stereocenters. The van der Waals surface area contributed by atoms with Crippen molar-refractivity contribution in [1.29, 1.82) is 0 Å². The average molecular weight is 302 g/mol. The van der Waals surface area contributed by atoms with Crippen LogP contribution in [0.15, 0.2) is 22.7 Å². The Morgan fingerprint density at radius 2 is 2.24 bits per heavy atom. The highest BCUT2D eigenvalue weighted by molar-refractivity contribution is 9.10. The predicted molar refractivity (Wildman–Crippen MR) is 69.4 cm³/mol. The first kappa shape index (κ1) is 13.0. The van der Waals surface area contributed by atoms with E-state index in [2.05, 4.69) is 34.7 Å². The summed E-state index contributed by atoms with van der Waals surface area (Å²) in [5.74, 6) is -0.207. The Morgan fingerprint density at radius 3 is 2.88 bits per heavy atom. The zero-order chi connectivity index (χ0) is 12.5. The summed E-state index contributed by atoms with van der Waals surface area (Å²) in [5.41, 5.74) is 1.15. The Kier molecular flexibility index (Phi) is 3.85. The van der Waals surface area contributed by atoms with Gasteiger partial charge in [-0.05, 0) is 31.5 Å². The summed E-state index contributed by atoms with van der Waals surface area (Å²) < 4.78 is 19.3. The molecule has 1 aromatic carbocycles. The number of halogens is 2. The van der Waals surface area contributed by atoms with Gasteiger partial charge < -0.3 is 4.74 Å². The Labute approximate surface area is 110 Å². The monoisotopic (exact) mass is 301 g/mol. The van der Waals surface area contributed by atoms with E-state index >= 15 is 0 Å². The lowest BCUT2D eigenvalue weighted by Gasteiger charge is -2.42. The fourth-order valence-electron chi connectivity index (χ4n) is 2.04. The standard InChI is InChI=1S/C13H17BrFNO/c1-13(2)9-17-6-5-16(13)8-10-3-4-11(15)7-12(10)14/h3-4,7H,5-6,8-9H2,1-2H3. The Morgan fingerprint density at radius 1 is 1.47 bits per heavy atom. The summed E-state index contributed by atoms with van der Waals surface area (Å²) in [6.07, 6.45) is 0. The third-order valence-corrected chi connectivity index (χ3v) is 3.93. The lowest BCUT2D eigenvalue weighted by Crippen LogP contribution is -2.52. The van der Waals surface area contributed by atoms with Crippen LogP contribution in [0.2, 0.25) is 0 Å². The minimum atomic E-state index is -0.207. The van der Waals surface area contributed by atoms with Crippen LogP contribution < -0.4 is 0 Å². The first-order valence-corrected chi connectivity index (χ1v) is 6.55. The number of hydrogen-bond donors (Lipinski definition) is 0. The number of morpholine rings is 1. The second kappa shape index (κ2) is 5.04. The first-order chi connectivity index (χ1) is 7.99. The maximum atomic E-state index is 13.0. The molecule has 1 aliphatic rings. The summed E-state index contributed by atoms with van der Waals surface area (Å²) >= 11 is 3.41. The van der Waals surface area contributed by atoms with Gasteiger partial charge in [-0.2, -0.15) is 0 Å². The Bertz CT molecular complexity index is 408. The molecule has 0 N–H and O–H groups in total. The molecule has 2 rings (SSSR count). The predicted octanol–water partition coefficient (Wildman–Crippen LogP) is 3.20. The van der Waals surface area contributed by atoms with Gasteiger partial charge in [0.25, 0.3) is 0 Å². The molecule has 94 valence electrons. The molecule has 0 aromatic heterocycles. The molecular weight excluding hydrogens is 285 g/mol. The smallest absolute Gasteiger partial charge is 0.124 e. The van der Waals surface area contributed by atoms with Crippen LogP contribution in [0.4, 0.5) is 4.39 Å². The van der Waals surface area contributed by atoms with E-state index in [-0.39, 0.29) is 11.4 Å². The van der Waals surface area contributed by atoms with E-state index in [0.717, 1.165) is 36.3 Å². The molecule has 1 aliphatic heterocycles. The van der Waals surface area contributed by atoms with Gasteiger partial charge in [0.2, 0.25) is 0 Å². The van der Waals surface area contributed by atoms with Crippen molar-refractivity contribution in [3.8, 4) is 0 Å². The third kappa shape index (κ3) is 3.06. The molecule has 2 nitrogen and oxygen atoms in total. The number of rotatable bonds is 2. The van der Waals surface area contributed by atoms with E-state index in [1.165, 1.54) is 12.1 Å². The molecule has 0 saturated carbocycles. The molecule has 17 heavy (non-hydrogen) atoms. The number of hydrogen-bond acceptors (Lipinski definition) is 2. The van der Waals surface area contributed by atoms with Crippen LogP contribution in [0, 0.1) is 5.82 Å². The van der Waals surface area contributed by atoms with Crippen LogP contribution >= 0.6 is 15.9 Å². The van der Waals surface area contributed by atoms with E-state index in [1.54, 1.807) is 0 Å². The van der Waals surface area contributed by atoms with Crippen molar-refractivity contribution in [3.05, 3.63) is 34.1 Å². The average Bonchev–Trinajstić information content (AvgIpc) is 2.24. The van der Waals surface area contributed by atoms with E-state index in [0.29, 0.717) is 0 Å². The zero-order valence-corrected chi connectivity index (χ0v) is 11.8. The molecule has 1 heterocycles. The number of ether oxygens (including phenoxy) is 1. The van der Waals surface area contributed by atoms with Gasteiger partial charge in [-0.25, -0.2) is 4.39 Å². The van der Waals surface area contributed by atoms with E-state index in [4.69, 9.17) is 4.74 Å². The van der Waals surface area contributed by atoms with Crippen LogP contribution in [-0.2, 0) is 11.3 Å². The molecule has 0 bridgehead atoms. The summed E-state index contributed by atoms with van der Waals surface area (Å²) in [4.78, 5) is 2.37. The van der Waals surface area contributed by atoms with Crippen molar-refractivity contribution in [2.75, 3.05) is 19.8 Å². The van der Waals surface area contributed by atoms with E-state index in [1.807, 2.05) is 6.07 Å². The lowest BCUT2D eigenvalue weighted by molar-refractivity contribution is -0.0553. The normalized spacial score (nSPS) is 20.5. The van der Waals surface area contributed by atoms with Gasteiger partial charge in [0.15, 0.2) is 0 Å². The van der Waals surface area contributed by atoms with Gasteiger partial charge in [0, 0.05) is 23.1 Å². The van der Waals surface area contributed by atoms with Crippen molar-refractivity contribution < 1.29 is 9.13 Å². The Balaban J connectivity index is 2.14. The van der Waals surface area contributed by atoms with Crippen molar-refractivity contribution >= 4 is 15.9 Å². The molecule has 0 aliphatic carbocycles. The van der Waals surface area contributed by atoms with Crippen LogP contribution in [0.5, 0.6) is 0 Å². The van der Waals surface area contributed by atoms with Crippen LogP contribution in [0.3, 0.4) is 0 Å². The molecule has 1 fully saturated rings. The highest BCUT2D eigenvalue weighted by Gasteiger charge is 2.30. The summed E-state index contributed by atoms with van der Waals surface area (Å²) in [7, 11) is 0. The molecule has 1 aromatic rings. The van der Waals surface area contributed by atoms with Gasteiger partial charge in [-0.1, -0.05) is 22.0 Å². The molecule has 0 spiro atoms. The summed E-state index contributed by atoms with van der Waals surface area (Å²) in [6.45, 7) is 7.58. The van der Waals surface area contributed by atoms with Crippen molar-refractivity contribution in [1.82, 2.24) is 4.90 Å². The fourth-order valence-corrected chi connectivity index (χ4v) is 2.52. The number of nitrogens with zero attached hydrogens (tertiary/aromatic N) is 1. The third-order valence-electron chi connectivity index (χ3n) is 3.19. The van der Waals surface area contributed by atoms with E-state index in [9.17, 15) is 4.39 Å². The first-order valence-electron chi connectivity index (χ1n) is 5.76.